The highest BCUT2D eigenvalue weighted by Gasteiger charge is 2.28. The molecule has 0 aliphatic heterocycles. The van der Waals surface area contributed by atoms with Crippen LogP contribution in [0.5, 0.6) is 11.5 Å². The maximum atomic E-state index is 11.9. The highest BCUT2D eigenvalue weighted by atomic mass is 19.4. The molecule has 0 N–H and O–H groups in total. The van der Waals surface area contributed by atoms with Crippen molar-refractivity contribution in [1.29, 1.82) is 0 Å². The minimum absolute atomic E-state index is 0.0710. The Kier molecular flexibility index (Phi) is 4.22. The second-order valence-corrected chi connectivity index (χ2v) is 2.95. The SMILES string of the molecule is C=CCOc1ccccc1OCC(F)(F)F. The van der Waals surface area contributed by atoms with Crippen molar-refractivity contribution in [3.05, 3.63) is 36.9 Å². The average molecular weight is 232 g/mol. The number of rotatable bonds is 5. The van der Waals surface area contributed by atoms with Crippen LogP contribution in [-0.4, -0.2) is 19.4 Å². The van der Waals surface area contributed by atoms with Crippen LogP contribution in [-0.2, 0) is 0 Å². The van der Waals surface area contributed by atoms with Gasteiger partial charge in [0.25, 0.3) is 0 Å². The number of ether oxygens (including phenoxy) is 2. The third kappa shape index (κ3) is 4.25. The molecule has 0 heterocycles. The van der Waals surface area contributed by atoms with Gasteiger partial charge in [-0.3, -0.25) is 0 Å². The number of halogens is 3. The van der Waals surface area contributed by atoms with E-state index >= 15 is 0 Å². The van der Waals surface area contributed by atoms with Crippen LogP contribution in [0.25, 0.3) is 0 Å². The molecule has 1 rings (SSSR count). The van der Waals surface area contributed by atoms with E-state index in [0.29, 0.717) is 0 Å². The fraction of sp³-hybridized carbons (Fsp3) is 0.273. The maximum Gasteiger partial charge on any atom is 0.422 e. The summed E-state index contributed by atoms with van der Waals surface area (Å²) in [4.78, 5) is 0. The molecule has 0 atom stereocenters. The highest BCUT2D eigenvalue weighted by molar-refractivity contribution is 5.39. The Hall–Kier alpha value is -1.65. The first-order valence-electron chi connectivity index (χ1n) is 4.55. The van der Waals surface area contributed by atoms with Crippen LogP contribution in [0.4, 0.5) is 13.2 Å². The predicted molar refractivity (Wildman–Crippen MR) is 53.7 cm³/mol. The van der Waals surface area contributed by atoms with Crippen LogP contribution in [0.3, 0.4) is 0 Å². The fourth-order valence-corrected chi connectivity index (χ4v) is 0.997. The molecular formula is C11H11F3O2. The van der Waals surface area contributed by atoms with E-state index in [2.05, 4.69) is 11.3 Å². The Balaban J connectivity index is 2.67. The van der Waals surface area contributed by atoms with Crippen molar-refractivity contribution in [2.75, 3.05) is 13.2 Å². The standard InChI is InChI=1S/C11H11F3O2/c1-2-7-15-9-5-3-4-6-10(9)16-8-11(12,13)14/h2-6H,1,7-8H2. The highest BCUT2D eigenvalue weighted by Crippen LogP contribution is 2.28. The van der Waals surface area contributed by atoms with Crippen molar-refractivity contribution in [2.45, 2.75) is 6.18 Å². The van der Waals surface area contributed by atoms with Gasteiger partial charge in [0.15, 0.2) is 18.1 Å². The predicted octanol–water partition coefficient (Wildman–Crippen LogP) is 3.19. The summed E-state index contributed by atoms with van der Waals surface area (Å²) in [6.07, 6.45) is -2.86. The van der Waals surface area contributed by atoms with Crippen LogP contribution in [0.1, 0.15) is 0 Å². The van der Waals surface area contributed by atoms with Gasteiger partial charge >= 0.3 is 6.18 Å². The fourth-order valence-electron chi connectivity index (χ4n) is 0.997. The van der Waals surface area contributed by atoms with Crippen LogP contribution in [0.15, 0.2) is 36.9 Å². The van der Waals surface area contributed by atoms with Crippen molar-refractivity contribution in [1.82, 2.24) is 0 Å². The molecule has 1 aromatic carbocycles. The quantitative estimate of drug-likeness (QED) is 0.726. The summed E-state index contributed by atoms with van der Waals surface area (Å²) in [7, 11) is 0. The van der Waals surface area contributed by atoms with E-state index < -0.39 is 12.8 Å². The largest absolute Gasteiger partial charge is 0.486 e. The molecule has 1 aromatic rings. The molecule has 0 amide bonds. The van der Waals surface area contributed by atoms with Crippen molar-refractivity contribution in [3.63, 3.8) is 0 Å². The Morgan fingerprint density at radius 3 is 2.19 bits per heavy atom. The summed E-state index contributed by atoms with van der Waals surface area (Å²) in [5.74, 6) is 0.341. The molecule has 0 aliphatic rings. The van der Waals surface area contributed by atoms with Gasteiger partial charge in [-0.1, -0.05) is 24.8 Å². The molecule has 0 spiro atoms. The summed E-state index contributed by atoms with van der Waals surface area (Å²) in [5, 5.41) is 0. The van der Waals surface area contributed by atoms with Gasteiger partial charge in [0.1, 0.15) is 6.61 Å². The van der Waals surface area contributed by atoms with E-state index in [9.17, 15) is 13.2 Å². The van der Waals surface area contributed by atoms with Gasteiger partial charge in [-0.15, -0.1) is 0 Å². The molecule has 16 heavy (non-hydrogen) atoms. The van der Waals surface area contributed by atoms with Crippen molar-refractivity contribution >= 4 is 0 Å². The molecule has 88 valence electrons. The van der Waals surface area contributed by atoms with E-state index in [4.69, 9.17) is 4.74 Å². The minimum Gasteiger partial charge on any atom is -0.486 e. The smallest absolute Gasteiger partial charge is 0.422 e. The maximum absolute atomic E-state index is 11.9. The Labute approximate surface area is 91.3 Å². The molecule has 0 radical (unpaired) electrons. The van der Waals surface area contributed by atoms with Crippen LogP contribution >= 0.6 is 0 Å². The molecule has 0 saturated heterocycles. The van der Waals surface area contributed by atoms with Gasteiger partial charge in [0.2, 0.25) is 0 Å². The van der Waals surface area contributed by atoms with E-state index in [-0.39, 0.29) is 18.1 Å². The Morgan fingerprint density at radius 2 is 1.69 bits per heavy atom. The molecule has 0 saturated carbocycles. The summed E-state index contributed by atoms with van der Waals surface area (Å²) in [6.45, 7) is 2.33. The lowest BCUT2D eigenvalue weighted by Gasteiger charge is -2.12. The van der Waals surface area contributed by atoms with Crippen LogP contribution in [0.2, 0.25) is 0 Å². The number of alkyl halides is 3. The van der Waals surface area contributed by atoms with E-state index in [1.807, 2.05) is 0 Å². The molecule has 0 aromatic heterocycles. The second kappa shape index (κ2) is 5.44. The minimum atomic E-state index is -4.36. The summed E-state index contributed by atoms with van der Waals surface area (Å²) in [5.41, 5.74) is 0. The molecule has 2 nitrogen and oxygen atoms in total. The van der Waals surface area contributed by atoms with Crippen molar-refractivity contribution < 1.29 is 22.6 Å². The number of hydrogen-bond donors (Lipinski definition) is 0. The Morgan fingerprint density at radius 1 is 1.12 bits per heavy atom. The zero-order valence-corrected chi connectivity index (χ0v) is 8.46. The average Bonchev–Trinajstić information content (AvgIpc) is 2.23. The summed E-state index contributed by atoms with van der Waals surface area (Å²) < 4.78 is 45.6. The van der Waals surface area contributed by atoms with Gasteiger partial charge in [0.05, 0.1) is 0 Å². The zero-order chi connectivity index (χ0) is 12.0. The topological polar surface area (TPSA) is 18.5 Å². The summed E-state index contributed by atoms with van der Waals surface area (Å²) >= 11 is 0. The van der Waals surface area contributed by atoms with Crippen LogP contribution in [0, 0.1) is 0 Å². The van der Waals surface area contributed by atoms with Crippen molar-refractivity contribution in [2.24, 2.45) is 0 Å². The third-order valence-corrected chi connectivity index (χ3v) is 1.60. The third-order valence-electron chi connectivity index (χ3n) is 1.60. The first-order valence-corrected chi connectivity index (χ1v) is 4.55. The van der Waals surface area contributed by atoms with Crippen LogP contribution < -0.4 is 9.47 Å². The molecule has 0 aliphatic carbocycles. The van der Waals surface area contributed by atoms with Gasteiger partial charge in [-0.2, -0.15) is 13.2 Å². The number of benzene rings is 1. The lowest BCUT2D eigenvalue weighted by molar-refractivity contribution is -0.153. The monoisotopic (exact) mass is 232 g/mol. The van der Waals surface area contributed by atoms with E-state index in [1.165, 1.54) is 18.2 Å². The molecular weight excluding hydrogens is 221 g/mol. The van der Waals surface area contributed by atoms with Gasteiger partial charge in [-0.25, -0.2) is 0 Å². The lowest BCUT2D eigenvalue weighted by atomic mass is 10.3. The summed E-state index contributed by atoms with van der Waals surface area (Å²) in [6, 6.07) is 6.19. The Bertz CT molecular complexity index is 347. The second-order valence-electron chi connectivity index (χ2n) is 2.95. The van der Waals surface area contributed by atoms with Gasteiger partial charge < -0.3 is 9.47 Å². The first kappa shape index (κ1) is 12.4. The van der Waals surface area contributed by atoms with Crippen molar-refractivity contribution in [3.8, 4) is 11.5 Å². The molecule has 0 fully saturated rings. The van der Waals surface area contributed by atoms with Gasteiger partial charge in [0, 0.05) is 0 Å². The normalized spacial score (nSPS) is 10.9. The first-order chi connectivity index (χ1) is 7.53. The lowest BCUT2D eigenvalue weighted by Crippen LogP contribution is -2.19. The zero-order valence-electron chi connectivity index (χ0n) is 8.46. The molecule has 0 bridgehead atoms. The van der Waals surface area contributed by atoms with Gasteiger partial charge in [-0.05, 0) is 12.1 Å². The van der Waals surface area contributed by atoms with E-state index in [0.717, 1.165) is 0 Å². The number of hydrogen-bond acceptors (Lipinski definition) is 2. The van der Waals surface area contributed by atoms with E-state index in [1.54, 1.807) is 12.1 Å². The molecule has 0 unspecified atom stereocenters. The molecule has 5 heteroatoms. The number of para-hydroxylation sites is 2.